The third kappa shape index (κ3) is 3.98. The Morgan fingerprint density at radius 3 is 1.86 bits per heavy atom. The van der Waals surface area contributed by atoms with Gasteiger partial charge < -0.3 is 4.42 Å². The fourth-order valence-corrected chi connectivity index (χ4v) is 9.20. The summed E-state index contributed by atoms with van der Waals surface area (Å²) in [6, 6.07) is 59.0. The molecule has 3 heteroatoms. The number of fused-ring (bicyclic) bond motifs is 10. The van der Waals surface area contributed by atoms with Crippen molar-refractivity contribution < 1.29 is 4.42 Å². The second-order valence-corrected chi connectivity index (χ2v) is 14.0. The monoisotopic (exact) mass is 653 g/mol. The summed E-state index contributed by atoms with van der Waals surface area (Å²) in [6.45, 7) is 0. The lowest BCUT2D eigenvalue weighted by Crippen LogP contribution is -1.91. The van der Waals surface area contributed by atoms with Crippen LogP contribution in [0, 0.1) is 0 Å². The fourth-order valence-electron chi connectivity index (χ4n) is 8.07. The number of furan rings is 1. The molecule has 50 heavy (non-hydrogen) atoms. The van der Waals surface area contributed by atoms with Crippen LogP contribution in [0.4, 0.5) is 0 Å². The summed E-state index contributed by atoms with van der Waals surface area (Å²) >= 11 is 1.78. The summed E-state index contributed by atoms with van der Waals surface area (Å²) in [6.07, 6.45) is 0. The quantitative estimate of drug-likeness (QED) is 0.140. The van der Waals surface area contributed by atoms with Crippen molar-refractivity contribution in [3.8, 4) is 32.8 Å². The second kappa shape index (κ2) is 10.6. The van der Waals surface area contributed by atoms with Crippen molar-refractivity contribution in [2.75, 3.05) is 0 Å². The first-order valence-electron chi connectivity index (χ1n) is 17.0. The average Bonchev–Trinajstić information content (AvgIpc) is 3.79. The molecule has 0 spiro atoms. The first-order chi connectivity index (χ1) is 24.8. The Bertz CT molecular complexity index is 3090. The molecule has 0 saturated carbocycles. The van der Waals surface area contributed by atoms with Crippen LogP contribution in [0.3, 0.4) is 0 Å². The van der Waals surface area contributed by atoms with Crippen molar-refractivity contribution in [1.29, 1.82) is 0 Å². The summed E-state index contributed by atoms with van der Waals surface area (Å²) in [5.41, 5.74) is 8.83. The Hall–Kier alpha value is -6.29. The van der Waals surface area contributed by atoms with E-state index in [0.29, 0.717) is 0 Å². The molecule has 2 heterocycles. The largest absolute Gasteiger partial charge is 0.455 e. The van der Waals surface area contributed by atoms with Crippen LogP contribution in [-0.4, -0.2) is 4.98 Å². The van der Waals surface area contributed by atoms with Gasteiger partial charge in [0.25, 0.3) is 0 Å². The van der Waals surface area contributed by atoms with Crippen LogP contribution in [0.1, 0.15) is 0 Å². The summed E-state index contributed by atoms with van der Waals surface area (Å²) in [5.74, 6) is 0. The van der Waals surface area contributed by atoms with Crippen molar-refractivity contribution in [1.82, 2.24) is 4.98 Å². The summed E-state index contributed by atoms with van der Waals surface area (Å²) < 4.78 is 7.82. The standard InChI is InChI=1S/C47H27NOS/c1-2-11-29(12-3-1)47-48-40-26-24-28-21-22-30-27-31(23-25-32(30)43(28)46(40)50-47)42-34-14-4-6-16-36(34)44(37-17-7-5-15-35(37)42)39-19-10-18-38-33-13-8-9-20-41(33)49-45(38)39/h1-27H. The zero-order chi connectivity index (χ0) is 32.8. The highest BCUT2D eigenvalue weighted by Gasteiger charge is 2.20. The number of rotatable bonds is 3. The van der Waals surface area contributed by atoms with Crippen molar-refractivity contribution in [2.24, 2.45) is 0 Å². The molecule has 0 saturated heterocycles. The van der Waals surface area contributed by atoms with E-state index in [1.165, 1.54) is 64.5 Å². The summed E-state index contributed by atoms with van der Waals surface area (Å²) in [7, 11) is 0. The van der Waals surface area contributed by atoms with E-state index in [1.54, 1.807) is 11.3 Å². The van der Waals surface area contributed by atoms with Crippen molar-refractivity contribution in [2.45, 2.75) is 0 Å². The Balaban J connectivity index is 1.17. The van der Waals surface area contributed by atoms with E-state index >= 15 is 0 Å². The number of thiazole rings is 1. The van der Waals surface area contributed by atoms with E-state index in [9.17, 15) is 0 Å². The molecule has 0 aliphatic heterocycles. The molecule has 11 aromatic rings. The SMILES string of the molecule is c1ccc(-c2nc3ccc4ccc5cc(-c6c7ccccc7c(-c7cccc8c7oc7ccccc78)c7ccccc67)ccc5c4c3s2)cc1. The van der Waals surface area contributed by atoms with E-state index < -0.39 is 0 Å². The Morgan fingerprint density at radius 2 is 1.08 bits per heavy atom. The Morgan fingerprint density at radius 1 is 0.440 bits per heavy atom. The third-order valence-electron chi connectivity index (χ3n) is 10.3. The smallest absolute Gasteiger partial charge is 0.143 e. The van der Waals surface area contributed by atoms with Crippen LogP contribution in [0.25, 0.3) is 108 Å². The maximum atomic E-state index is 6.59. The number of benzene rings is 9. The van der Waals surface area contributed by atoms with E-state index in [1.807, 2.05) is 6.07 Å². The van der Waals surface area contributed by atoms with Crippen LogP contribution in [0.15, 0.2) is 168 Å². The molecule has 0 fully saturated rings. The highest BCUT2D eigenvalue weighted by Crippen LogP contribution is 2.47. The molecule has 0 amide bonds. The van der Waals surface area contributed by atoms with Crippen molar-refractivity contribution in [3.63, 3.8) is 0 Å². The lowest BCUT2D eigenvalue weighted by Gasteiger charge is -2.18. The molecular formula is C47H27NOS. The zero-order valence-electron chi connectivity index (χ0n) is 26.9. The molecule has 232 valence electrons. The molecule has 11 rings (SSSR count). The van der Waals surface area contributed by atoms with Gasteiger partial charge in [0.05, 0.1) is 10.2 Å². The van der Waals surface area contributed by atoms with Crippen LogP contribution in [-0.2, 0) is 0 Å². The van der Waals surface area contributed by atoms with Gasteiger partial charge in [-0.05, 0) is 67.0 Å². The minimum atomic E-state index is 0.913. The van der Waals surface area contributed by atoms with E-state index in [4.69, 9.17) is 9.40 Å². The first-order valence-corrected chi connectivity index (χ1v) is 17.8. The predicted octanol–water partition coefficient (Wildman–Crippen LogP) is 13.8. The van der Waals surface area contributed by atoms with Crippen LogP contribution in [0.5, 0.6) is 0 Å². The molecule has 9 aromatic carbocycles. The first kappa shape index (κ1) is 27.6. The van der Waals surface area contributed by atoms with Gasteiger partial charge in [0.2, 0.25) is 0 Å². The predicted molar refractivity (Wildman–Crippen MR) is 213 cm³/mol. The normalized spacial score (nSPS) is 12.0. The lowest BCUT2D eigenvalue weighted by molar-refractivity contribution is 0.670. The number of nitrogens with zero attached hydrogens (tertiary/aromatic N) is 1. The molecule has 0 bridgehead atoms. The summed E-state index contributed by atoms with van der Waals surface area (Å²) in [5, 5.41) is 13.2. The molecule has 0 aliphatic rings. The highest BCUT2D eigenvalue weighted by molar-refractivity contribution is 7.22. The van der Waals surface area contributed by atoms with Crippen molar-refractivity contribution >= 4 is 86.6 Å². The van der Waals surface area contributed by atoms with Gasteiger partial charge in [-0.25, -0.2) is 4.98 Å². The van der Waals surface area contributed by atoms with Gasteiger partial charge in [0.1, 0.15) is 16.2 Å². The van der Waals surface area contributed by atoms with E-state index in [0.717, 1.165) is 43.6 Å². The Kier molecular flexibility index (Phi) is 5.86. The third-order valence-corrected chi connectivity index (χ3v) is 11.4. The minimum Gasteiger partial charge on any atom is -0.455 e. The average molecular weight is 654 g/mol. The van der Waals surface area contributed by atoms with Gasteiger partial charge in [-0.3, -0.25) is 0 Å². The maximum Gasteiger partial charge on any atom is 0.143 e. The molecule has 0 atom stereocenters. The highest BCUT2D eigenvalue weighted by atomic mass is 32.1. The van der Waals surface area contributed by atoms with Gasteiger partial charge in [-0.1, -0.05) is 146 Å². The van der Waals surface area contributed by atoms with Gasteiger partial charge in [-0.15, -0.1) is 11.3 Å². The van der Waals surface area contributed by atoms with Gasteiger partial charge in [-0.2, -0.15) is 0 Å². The van der Waals surface area contributed by atoms with Crippen molar-refractivity contribution in [3.05, 3.63) is 164 Å². The van der Waals surface area contributed by atoms with Gasteiger partial charge >= 0.3 is 0 Å². The number of hydrogen-bond acceptors (Lipinski definition) is 3. The summed E-state index contributed by atoms with van der Waals surface area (Å²) in [4.78, 5) is 5.05. The Labute approximate surface area is 291 Å². The van der Waals surface area contributed by atoms with Gasteiger partial charge in [0.15, 0.2) is 0 Å². The molecule has 2 aromatic heterocycles. The van der Waals surface area contributed by atoms with Crippen LogP contribution >= 0.6 is 11.3 Å². The van der Waals surface area contributed by atoms with Crippen LogP contribution < -0.4 is 0 Å². The lowest BCUT2D eigenvalue weighted by atomic mass is 9.85. The number of para-hydroxylation sites is 2. The minimum absolute atomic E-state index is 0.913. The number of aromatic nitrogens is 1. The zero-order valence-corrected chi connectivity index (χ0v) is 27.7. The topological polar surface area (TPSA) is 26.0 Å². The maximum absolute atomic E-state index is 6.59. The molecule has 0 N–H and O–H groups in total. The molecule has 2 nitrogen and oxygen atoms in total. The van der Waals surface area contributed by atoms with Crippen LogP contribution in [0.2, 0.25) is 0 Å². The van der Waals surface area contributed by atoms with E-state index in [-0.39, 0.29) is 0 Å². The van der Waals surface area contributed by atoms with Gasteiger partial charge in [0, 0.05) is 32.8 Å². The number of hydrogen-bond donors (Lipinski definition) is 0. The second-order valence-electron chi connectivity index (χ2n) is 13.0. The molecular weight excluding hydrogens is 627 g/mol. The fraction of sp³-hybridized carbons (Fsp3) is 0. The molecule has 0 aliphatic carbocycles. The van der Waals surface area contributed by atoms with E-state index in [2.05, 4.69) is 158 Å². The molecule has 0 radical (unpaired) electrons. The molecule has 0 unspecified atom stereocenters.